The molecule has 0 aliphatic rings. The van der Waals surface area contributed by atoms with E-state index in [2.05, 4.69) is 4.98 Å². The number of pyridine rings is 1. The number of halogens is 3. The normalized spacial score (nSPS) is 10.3. The van der Waals surface area contributed by atoms with Gasteiger partial charge in [-0.05, 0) is 12.1 Å². The Kier molecular flexibility index (Phi) is 3.57. The molecule has 0 atom stereocenters. The van der Waals surface area contributed by atoms with E-state index in [1.165, 1.54) is 6.07 Å². The van der Waals surface area contributed by atoms with Gasteiger partial charge < -0.3 is 4.74 Å². The van der Waals surface area contributed by atoms with Crippen LogP contribution in [0.5, 0.6) is 11.5 Å². The second kappa shape index (κ2) is 5.15. The number of hydrogen-bond acceptors (Lipinski definition) is 4. The maximum absolute atomic E-state index is 13.4. The summed E-state index contributed by atoms with van der Waals surface area (Å²) in [5, 5.41) is 10.4. The molecule has 1 aromatic carbocycles. The van der Waals surface area contributed by atoms with Crippen molar-refractivity contribution in [2.45, 2.75) is 0 Å². The van der Waals surface area contributed by atoms with Crippen LogP contribution in [0.25, 0.3) is 0 Å². The van der Waals surface area contributed by atoms with Gasteiger partial charge in [0.1, 0.15) is 11.5 Å². The molecule has 0 aliphatic heterocycles. The molecule has 0 saturated heterocycles. The van der Waals surface area contributed by atoms with Crippen LogP contribution >= 0.6 is 11.6 Å². The zero-order valence-corrected chi connectivity index (χ0v) is 9.90. The Morgan fingerprint density at radius 1 is 1.32 bits per heavy atom. The monoisotopic (exact) mass is 286 g/mol. The van der Waals surface area contributed by atoms with Crippen LogP contribution in [0.4, 0.5) is 14.5 Å². The van der Waals surface area contributed by atoms with Crippen molar-refractivity contribution in [3.8, 4) is 11.5 Å². The van der Waals surface area contributed by atoms with Crippen molar-refractivity contribution in [2.24, 2.45) is 0 Å². The first-order valence-electron chi connectivity index (χ1n) is 4.90. The van der Waals surface area contributed by atoms with Crippen LogP contribution in [0.2, 0.25) is 5.02 Å². The summed E-state index contributed by atoms with van der Waals surface area (Å²) >= 11 is 5.74. The molecule has 0 bridgehead atoms. The lowest BCUT2D eigenvalue weighted by atomic mass is 10.3. The highest BCUT2D eigenvalue weighted by molar-refractivity contribution is 6.32. The van der Waals surface area contributed by atoms with Crippen LogP contribution in [0.1, 0.15) is 0 Å². The Morgan fingerprint density at radius 2 is 2.05 bits per heavy atom. The summed E-state index contributed by atoms with van der Waals surface area (Å²) in [4.78, 5) is 12.9. The first kappa shape index (κ1) is 13.2. The maximum atomic E-state index is 13.4. The average Bonchev–Trinajstić information content (AvgIpc) is 2.35. The molecule has 98 valence electrons. The Labute approximate surface area is 110 Å². The summed E-state index contributed by atoms with van der Waals surface area (Å²) < 4.78 is 31.1. The molecule has 2 aromatic rings. The molecule has 0 amide bonds. The van der Waals surface area contributed by atoms with Gasteiger partial charge in [0, 0.05) is 12.1 Å². The van der Waals surface area contributed by atoms with E-state index in [9.17, 15) is 18.9 Å². The highest BCUT2D eigenvalue weighted by Gasteiger charge is 2.18. The van der Waals surface area contributed by atoms with Gasteiger partial charge in [0.15, 0.2) is 0 Å². The van der Waals surface area contributed by atoms with E-state index < -0.39 is 22.4 Å². The number of nitrogens with zero attached hydrogens (tertiary/aromatic N) is 2. The molecule has 0 N–H and O–H groups in total. The van der Waals surface area contributed by atoms with Gasteiger partial charge in [0.2, 0.25) is 11.8 Å². The van der Waals surface area contributed by atoms with Crippen molar-refractivity contribution in [2.75, 3.05) is 0 Å². The van der Waals surface area contributed by atoms with E-state index >= 15 is 0 Å². The lowest BCUT2D eigenvalue weighted by molar-refractivity contribution is -0.387. The minimum atomic E-state index is -1.08. The largest absolute Gasteiger partial charge is 0.454 e. The van der Waals surface area contributed by atoms with Gasteiger partial charge in [-0.1, -0.05) is 11.6 Å². The predicted molar refractivity (Wildman–Crippen MR) is 62.3 cm³/mol. The molecule has 0 aliphatic carbocycles. The fraction of sp³-hybridized carbons (Fsp3) is 0. The Bertz CT molecular complexity index is 635. The summed E-state index contributed by atoms with van der Waals surface area (Å²) in [6.07, 6.45) is 1.07. The zero-order valence-electron chi connectivity index (χ0n) is 9.14. The van der Waals surface area contributed by atoms with Gasteiger partial charge in [-0.15, -0.1) is 0 Å². The fourth-order valence-corrected chi connectivity index (χ4v) is 1.48. The fourth-order valence-electron chi connectivity index (χ4n) is 1.29. The lowest BCUT2D eigenvalue weighted by Gasteiger charge is -2.07. The van der Waals surface area contributed by atoms with Crippen molar-refractivity contribution in [3.05, 3.63) is 57.4 Å². The number of hydrogen-bond donors (Lipinski definition) is 0. The first-order valence-corrected chi connectivity index (χ1v) is 5.28. The standard InChI is InChI=1S/C11H5ClF2N2O3/c12-7-3-9(16(17)18)8(13)4-10(7)19-6-1-2-11(14)15-5-6/h1-5H. The second-order valence-corrected chi connectivity index (χ2v) is 3.82. The topological polar surface area (TPSA) is 65.3 Å². The molecule has 5 nitrogen and oxygen atoms in total. The molecule has 0 saturated carbocycles. The second-order valence-electron chi connectivity index (χ2n) is 3.41. The minimum absolute atomic E-state index is 0.122. The Hall–Kier alpha value is -2.28. The third kappa shape index (κ3) is 2.94. The summed E-state index contributed by atoms with van der Waals surface area (Å²) in [7, 11) is 0. The molecule has 8 heteroatoms. The third-order valence-corrected chi connectivity index (χ3v) is 2.42. The number of rotatable bonds is 3. The van der Waals surface area contributed by atoms with Gasteiger partial charge in [0.25, 0.3) is 0 Å². The first-order chi connectivity index (χ1) is 8.97. The summed E-state index contributed by atoms with van der Waals surface area (Å²) in [6.45, 7) is 0. The number of benzene rings is 1. The van der Waals surface area contributed by atoms with Crippen molar-refractivity contribution < 1.29 is 18.4 Å². The van der Waals surface area contributed by atoms with E-state index in [1.54, 1.807) is 0 Å². The van der Waals surface area contributed by atoms with Crippen LogP contribution < -0.4 is 4.74 Å². The number of nitro groups is 1. The van der Waals surface area contributed by atoms with E-state index in [4.69, 9.17) is 16.3 Å². The van der Waals surface area contributed by atoms with Gasteiger partial charge >= 0.3 is 5.69 Å². The van der Waals surface area contributed by atoms with Gasteiger partial charge in [-0.25, -0.2) is 4.98 Å². The van der Waals surface area contributed by atoms with Crippen LogP contribution in [0.3, 0.4) is 0 Å². The summed E-state index contributed by atoms with van der Waals surface area (Å²) in [5.74, 6) is -1.79. The number of ether oxygens (including phenoxy) is 1. The average molecular weight is 287 g/mol. The lowest BCUT2D eigenvalue weighted by Crippen LogP contribution is -1.95. The number of nitro benzene ring substituents is 1. The minimum Gasteiger partial charge on any atom is -0.454 e. The Morgan fingerprint density at radius 3 is 2.63 bits per heavy atom. The molecular formula is C11H5ClF2N2O3. The predicted octanol–water partition coefficient (Wildman–Crippen LogP) is 3.71. The van der Waals surface area contributed by atoms with Crippen molar-refractivity contribution in [1.29, 1.82) is 0 Å². The molecule has 0 fully saturated rings. The Balaban J connectivity index is 2.33. The van der Waals surface area contributed by atoms with Gasteiger partial charge in [-0.2, -0.15) is 8.78 Å². The highest BCUT2D eigenvalue weighted by atomic mass is 35.5. The zero-order chi connectivity index (χ0) is 14.0. The summed E-state index contributed by atoms with van der Waals surface area (Å²) in [5.41, 5.74) is -0.755. The van der Waals surface area contributed by atoms with E-state index in [0.29, 0.717) is 0 Å². The molecule has 1 aromatic heterocycles. The SMILES string of the molecule is O=[N+]([O-])c1cc(Cl)c(Oc2ccc(F)nc2)cc1F. The molecular weight excluding hydrogens is 282 g/mol. The maximum Gasteiger partial charge on any atom is 0.306 e. The van der Waals surface area contributed by atoms with Crippen LogP contribution in [0, 0.1) is 21.9 Å². The van der Waals surface area contributed by atoms with Crippen molar-refractivity contribution in [1.82, 2.24) is 4.98 Å². The molecule has 1 heterocycles. The van der Waals surface area contributed by atoms with Gasteiger partial charge in [-0.3, -0.25) is 10.1 Å². The van der Waals surface area contributed by atoms with E-state index in [1.807, 2.05) is 0 Å². The molecule has 0 radical (unpaired) electrons. The van der Waals surface area contributed by atoms with Gasteiger partial charge in [0.05, 0.1) is 16.1 Å². The smallest absolute Gasteiger partial charge is 0.306 e. The third-order valence-electron chi connectivity index (χ3n) is 2.13. The van der Waals surface area contributed by atoms with Crippen LogP contribution in [-0.4, -0.2) is 9.91 Å². The van der Waals surface area contributed by atoms with E-state index in [-0.39, 0.29) is 16.5 Å². The van der Waals surface area contributed by atoms with Crippen molar-refractivity contribution in [3.63, 3.8) is 0 Å². The van der Waals surface area contributed by atoms with Crippen LogP contribution in [0.15, 0.2) is 30.5 Å². The van der Waals surface area contributed by atoms with E-state index in [0.717, 1.165) is 24.4 Å². The quantitative estimate of drug-likeness (QED) is 0.490. The van der Waals surface area contributed by atoms with Crippen molar-refractivity contribution >= 4 is 17.3 Å². The molecule has 0 unspecified atom stereocenters. The highest BCUT2D eigenvalue weighted by Crippen LogP contribution is 2.34. The van der Waals surface area contributed by atoms with Crippen LogP contribution in [-0.2, 0) is 0 Å². The molecule has 0 spiro atoms. The summed E-state index contributed by atoms with van der Waals surface area (Å²) in [6, 6.07) is 3.93. The molecule has 2 rings (SSSR count). The molecule has 19 heavy (non-hydrogen) atoms. The number of aromatic nitrogens is 1.